The molecule has 31 heavy (non-hydrogen) atoms. The summed E-state index contributed by atoms with van der Waals surface area (Å²) in [6.45, 7) is 0.254. The summed E-state index contributed by atoms with van der Waals surface area (Å²) in [4.78, 5) is 25.4. The highest BCUT2D eigenvalue weighted by Gasteiger charge is 2.78. The Balaban J connectivity index is 1.81. The van der Waals surface area contributed by atoms with Crippen LogP contribution in [-0.4, -0.2) is 47.9 Å². The van der Waals surface area contributed by atoms with Crippen molar-refractivity contribution >= 4 is 12.1 Å². The Morgan fingerprint density at radius 1 is 0.968 bits per heavy atom. The van der Waals surface area contributed by atoms with Gasteiger partial charge in [-0.1, -0.05) is 60.7 Å². The fourth-order valence-corrected chi connectivity index (χ4v) is 3.40. The number of benzene rings is 2. The molecule has 1 saturated heterocycles. The van der Waals surface area contributed by atoms with Crippen LogP contribution in [0.2, 0.25) is 0 Å². The van der Waals surface area contributed by atoms with E-state index < -0.39 is 36.4 Å². The molecule has 1 heterocycles. The zero-order valence-electron chi connectivity index (χ0n) is 16.8. The van der Waals surface area contributed by atoms with Crippen molar-refractivity contribution in [2.24, 2.45) is 0 Å². The van der Waals surface area contributed by atoms with Gasteiger partial charge in [-0.25, -0.2) is 9.59 Å². The largest absolute Gasteiger partial charge is 0.464 e. The lowest BCUT2D eigenvalue weighted by Gasteiger charge is -2.54. The van der Waals surface area contributed by atoms with E-state index in [2.05, 4.69) is 0 Å². The molecule has 1 aliphatic rings. The summed E-state index contributed by atoms with van der Waals surface area (Å²) < 4.78 is 58.0. The molecule has 1 amide bonds. The van der Waals surface area contributed by atoms with E-state index in [1.807, 2.05) is 0 Å². The van der Waals surface area contributed by atoms with Crippen molar-refractivity contribution in [3.63, 3.8) is 0 Å². The summed E-state index contributed by atoms with van der Waals surface area (Å²) in [5.74, 6) is -1.59. The van der Waals surface area contributed by atoms with Crippen LogP contribution >= 0.6 is 0 Å². The van der Waals surface area contributed by atoms with Gasteiger partial charge in [0, 0.05) is 0 Å². The number of ether oxygens (including phenoxy) is 3. The third-order valence-electron chi connectivity index (χ3n) is 4.98. The molecule has 0 aromatic heterocycles. The normalized spacial score (nSPS) is 20.6. The lowest BCUT2D eigenvalue weighted by molar-refractivity contribution is -0.301. The van der Waals surface area contributed by atoms with E-state index in [0.29, 0.717) is 16.0 Å². The minimum Gasteiger partial charge on any atom is -0.464 e. The molecule has 0 aliphatic carbocycles. The maximum Gasteiger partial charge on any atom is 0.425 e. The third-order valence-corrected chi connectivity index (χ3v) is 4.98. The van der Waals surface area contributed by atoms with Gasteiger partial charge in [0.2, 0.25) is 0 Å². The molecular formula is C22H22F3NO5. The van der Waals surface area contributed by atoms with Gasteiger partial charge >= 0.3 is 18.2 Å². The van der Waals surface area contributed by atoms with E-state index in [4.69, 9.17) is 14.2 Å². The molecule has 0 unspecified atom stereocenters. The molecule has 0 spiro atoms. The number of likely N-dealkylation sites (tertiary alicyclic amines) is 1. The molecule has 0 N–H and O–H groups in total. The zero-order chi connectivity index (χ0) is 22.5. The first-order valence-corrected chi connectivity index (χ1v) is 9.68. The Bertz CT molecular complexity index is 891. The van der Waals surface area contributed by atoms with Crippen molar-refractivity contribution < 1.29 is 37.0 Å². The Labute approximate surface area is 177 Å². The monoisotopic (exact) mass is 437 g/mol. The molecule has 9 heteroatoms. The van der Waals surface area contributed by atoms with E-state index in [1.54, 1.807) is 60.7 Å². The number of halogens is 3. The average molecular weight is 437 g/mol. The number of nitrogens with zero attached hydrogens (tertiary/aromatic N) is 1. The topological polar surface area (TPSA) is 65.1 Å². The van der Waals surface area contributed by atoms with Crippen molar-refractivity contribution in [2.75, 3.05) is 13.2 Å². The summed E-state index contributed by atoms with van der Waals surface area (Å²) in [7, 11) is 0. The zero-order valence-corrected chi connectivity index (χ0v) is 16.8. The Hall–Kier alpha value is -3.07. The summed E-state index contributed by atoms with van der Waals surface area (Å²) in [6.07, 6.45) is -8.03. The van der Waals surface area contributed by atoms with Crippen LogP contribution in [0.25, 0.3) is 0 Å². The highest BCUT2D eigenvalue weighted by molar-refractivity contribution is 5.90. The smallest absolute Gasteiger partial charge is 0.425 e. The minimum absolute atomic E-state index is 0.157. The quantitative estimate of drug-likeness (QED) is 0.611. The van der Waals surface area contributed by atoms with Gasteiger partial charge in [-0.3, -0.25) is 4.90 Å². The number of carbonyl (C=O) groups is 2. The van der Waals surface area contributed by atoms with E-state index >= 15 is 0 Å². The Morgan fingerprint density at radius 2 is 1.52 bits per heavy atom. The van der Waals surface area contributed by atoms with Crippen LogP contribution in [0.4, 0.5) is 18.0 Å². The van der Waals surface area contributed by atoms with E-state index in [0.717, 1.165) is 0 Å². The van der Waals surface area contributed by atoms with Crippen molar-refractivity contribution in [3.05, 3.63) is 71.8 Å². The second-order valence-electron chi connectivity index (χ2n) is 6.92. The summed E-state index contributed by atoms with van der Waals surface area (Å²) >= 11 is 0. The number of hydrogen-bond donors (Lipinski definition) is 0. The van der Waals surface area contributed by atoms with Gasteiger partial charge < -0.3 is 14.2 Å². The molecule has 1 aliphatic heterocycles. The van der Waals surface area contributed by atoms with Gasteiger partial charge in [0.25, 0.3) is 5.54 Å². The highest BCUT2D eigenvalue weighted by atomic mass is 19.4. The third kappa shape index (κ3) is 4.51. The highest BCUT2D eigenvalue weighted by Crippen LogP contribution is 2.48. The molecular weight excluding hydrogens is 415 g/mol. The minimum atomic E-state index is -5.13. The molecule has 1 fully saturated rings. The number of carbonyl (C=O) groups excluding carboxylic acids is 2. The lowest BCUT2D eigenvalue weighted by Crippen LogP contribution is -2.82. The van der Waals surface area contributed by atoms with Crippen molar-refractivity contribution in [2.45, 2.75) is 38.0 Å². The molecule has 3 rings (SSSR count). The number of esters is 1. The van der Waals surface area contributed by atoms with Gasteiger partial charge in [-0.2, -0.15) is 13.2 Å². The summed E-state index contributed by atoms with van der Waals surface area (Å²) in [5.41, 5.74) is -2.04. The van der Waals surface area contributed by atoms with Gasteiger partial charge in [0.15, 0.2) is 0 Å². The van der Waals surface area contributed by atoms with Crippen molar-refractivity contribution in [1.82, 2.24) is 4.90 Å². The van der Waals surface area contributed by atoms with Gasteiger partial charge in [0.05, 0.1) is 19.8 Å². The Kier molecular flexibility index (Phi) is 6.84. The van der Waals surface area contributed by atoms with Crippen LogP contribution in [-0.2, 0) is 32.2 Å². The van der Waals surface area contributed by atoms with Crippen LogP contribution in [0.1, 0.15) is 18.1 Å². The van der Waals surface area contributed by atoms with Crippen molar-refractivity contribution in [1.29, 1.82) is 0 Å². The fraction of sp³-hybridized carbons (Fsp3) is 0.364. The lowest BCUT2D eigenvalue weighted by atomic mass is 9.80. The molecule has 166 valence electrons. The predicted octanol–water partition coefficient (Wildman–Crippen LogP) is 4.09. The van der Waals surface area contributed by atoms with Crippen LogP contribution in [0.3, 0.4) is 0 Å². The molecule has 2 atom stereocenters. The summed E-state index contributed by atoms with van der Waals surface area (Å²) in [6, 6.07) is 17.1. The maximum atomic E-state index is 14.2. The van der Waals surface area contributed by atoms with Crippen LogP contribution in [0.5, 0.6) is 0 Å². The Morgan fingerprint density at radius 3 is 2.03 bits per heavy atom. The number of alkyl halides is 3. The van der Waals surface area contributed by atoms with Gasteiger partial charge in [0.1, 0.15) is 12.7 Å². The molecule has 0 radical (unpaired) electrons. The van der Waals surface area contributed by atoms with Crippen molar-refractivity contribution in [3.8, 4) is 0 Å². The SMILES string of the molecule is CCOC(=O)[C@@]1(C(F)(F)F)[C@H](OCc2ccccc2)CN1C(=O)OCc1ccccc1. The first-order valence-electron chi connectivity index (χ1n) is 9.68. The van der Waals surface area contributed by atoms with Gasteiger partial charge in [-0.05, 0) is 18.1 Å². The number of hydrogen-bond acceptors (Lipinski definition) is 5. The number of amides is 1. The first-order chi connectivity index (χ1) is 14.8. The average Bonchev–Trinajstić information content (AvgIpc) is 2.72. The first kappa shape index (κ1) is 22.6. The van der Waals surface area contributed by atoms with Crippen LogP contribution in [0.15, 0.2) is 60.7 Å². The summed E-state index contributed by atoms with van der Waals surface area (Å²) in [5, 5.41) is 0. The molecule has 0 saturated carbocycles. The second kappa shape index (κ2) is 9.38. The van der Waals surface area contributed by atoms with Gasteiger partial charge in [-0.15, -0.1) is 0 Å². The van der Waals surface area contributed by atoms with E-state index in [9.17, 15) is 22.8 Å². The molecule has 0 bridgehead atoms. The fourth-order valence-electron chi connectivity index (χ4n) is 3.40. The van der Waals surface area contributed by atoms with Crippen LogP contribution in [0, 0.1) is 0 Å². The predicted molar refractivity (Wildman–Crippen MR) is 104 cm³/mol. The molecule has 2 aromatic carbocycles. The van der Waals surface area contributed by atoms with Crippen LogP contribution < -0.4 is 0 Å². The molecule has 6 nitrogen and oxygen atoms in total. The standard InChI is InChI=1S/C22H22F3NO5/c1-2-29-19(27)21(22(23,24)25)18(30-14-16-9-5-3-6-10-16)13-26(21)20(28)31-15-17-11-7-4-8-12-17/h3-12,18H,2,13-15H2,1H3/t18-,21-/m1/s1. The maximum absolute atomic E-state index is 14.2. The van der Waals surface area contributed by atoms with E-state index in [1.165, 1.54) is 6.92 Å². The molecule has 2 aromatic rings. The second-order valence-corrected chi connectivity index (χ2v) is 6.92. The van der Waals surface area contributed by atoms with E-state index in [-0.39, 0.29) is 19.8 Å². The number of rotatable bonds is 7.